The molecule has 20 nitrogen and oxygen atoms in total. The van der Waals surface area contributed by atoms with E-state index in [2.05, 4.69) is 21.3 Å². The van der Waals surface area contributed by atoms with Gasteiger partial charge < -0.3 is 51.7 Å². The Kier molecular flexibility index (Phi) is 23.1. The number of primary amides is 1. The topological polar surface area (TPSA) is 279 Å². The minimum absolute atomic E-state index is 0.0148. The largest absolute Gasteiger partial charge is 0.509 e. The van der Waals surface area contributed by atoms with E-state index in [9.17, 15) is 47.1 Å². The van der Waals surface area contributed by atoms with E-state index in [1.54, 1.807) is 36.7 Å². The highest BCUT2D eigenvalue weighted by Crippen LogP contribution is 2.40. The summed E-state index contributed by atoms with van der Waals surface area (Å²) in [7, 11) is 0. The maximum absolute atomic E-state index is 15.2. The molecule has 4 atom stereocenters. The number of halogens is 3. The molecule has 1 aliphatic rings. The summed E-state index contributed by atoms with van der Waals surface area (Å²) < 4.78 is 55.8. The Morgan fingerprint density at radius 3 is 2.16 bits per heavy atom. The van der Waals surface area contributed by atoms with Crippen LogP contribution in [-0.2, 0) is 51.4 Å². The van der Waals surface area contributed by atoms with Crippen LogP contribution in [-0.4, -0.2) is 118 Å². The van der Waals surface area contributed by atoms with Crippen LogP contribution in [0.25, 0.3) is 11.3 Å². The fourth-order valence-electron chi connectivity index (χ4n) is 8.67. The predicted molar refractivity (Wildman–Crippen MR) is 287 cm³/mol. The van der Waals surface area contributed by atoms with Gasteiger partial charge in [-0.2, -0.15) is 0 Å². The summed E-state index contributed by atoms with van der Waals surface area (Å²) in [5, 5.41) is 10.7. The molecule has 426 valence electrons. The number of carbonyl (C=O) groups excluding carboxylic acids is 8. The Labute approximate surface area is 457 Å². The molecule has 0 saturated heterocycles. The number of alkyl halides is 1. The smallest absolute Gasteiger partial charge is 0.429 e. The number of nitrogens with zero attached hydrogens (tertiary/aromatic N) is 4. The highest BCUT2D eigenvalue weighted by atomic mass is 19.1. The van der Waals surface area contributed by atoms with Crippen molar-refractivity contribution in [1.82, 2.24) is 35.3 Å². The number of unbranched alkanes of at least 4 members (excludes halogenated alkanes) is 2. The van der Waals surface area contributed by atoms with E-state index in [1.165, 1.54) is 29.2 Å². The molecule has 0 saturated carbocycles. The molecule has 5 rings (SSSR count). The number of hydrogen-bond donors (Lipinski definition) is 6. The lowest BCUT2D eigenvalue weighted by molar-refractivity contribution is -0.141. The average molecular weight is 1100 g/mol. The van der Waals surface area contributed by atoms with Gasteiger partial charge in [0.2, 0.25) is 17.7 Å². The quantitative estimate of drug-likeness (QED) is 0.0198. The number of hydrogen-bond acceptors (Lipinski definition) is 12. The number of amides is 8. The molecule has 23 heteroatoms. The number of urea groups is 1. The van der Waals surface area contributed by atoms with E-state index in [4.69, 9.17) is 25.9 Å². The summed E-state index contributed by atoms with van der Waals surface area (Å²) in [5.41, 5.74) is 12.0. The Morgan fingerprint density at radius 1 is 0.823 bits per heavy atom. The van der Waals surface area contributed by atoms with Gasteiger partial charge in [-0.1, -0.05) is 83.5 Å². The van der Waals surface area contributed by atoms with Crippen molar-refractivity contribution in [2.45, 2.75) is 117 Å². The lowest BCUT2D eigenvalue weighted by Gasteiger charge is -2.40. The Morgan fingerprint density at radius 2 is 1.52 bits per heavy atom. The first kappa shape index (κ1) is 61.8. The lowest BCUT2D eigenvalue weighted by Crippen LogP contribution is -2.54. The lowest BCUT2D eigenvalue weighted by atomic mass is 9.84. The summed E-state index contributed by atoms with van der Waals surface area (Å²) >= 11 is 0. The van der Waals surface area contributed by atoms with E-state index in [0.29, 0.717) is 36.3 Å². The molecule has 1 aromatic heterocycles. The normalized spacial score (nSPS) is 13.8. The van der Waals surface area contributed by atoms with Crippen molar-refractivity contribution in [2.75, 3.05) is 38.2 Å². The van der Waals surface area contributed by atoms with Gasteiger partial charge in [-0.25, -0.2) is 27.7 Å². The molecule has 3 aromatic carbocycles. The fourth-order valence-corrected chi connectivity index (χ4v) is 8.67. The third-order valence-electron chi connectivity index (χ3n) is 12.8. The van der Waals surface area contributed by atoms with Crippen molar-refractivity contribution >= 4 is 53.3 Å². The number of imidazole rings is 1. The predicted octanol–water partition coefficient (Wildman–Crippen LogP) is 6.33. The molecule has 0 unspecified atom stereocenters. The SMILES string of the molecule is CC(C)[C@H](NC(=O)CCCCCN1C(=O)C=CC1=O)C(=O)N[C@@H](CCCNC(N)=O)C(=O)Nc1ccc(COC(=O)OCC(=O)N(CC[C@H](N)CF)[C@@H](c2nc(-c3cc(F)ccc3F)cn2Cc2ccccc2)C(C)(C)C)cc1. The number of aromatic nitrogens is 2. The molecule has 8 N–H and O–H groups in total. The first-order valence-corrected chi connectivity index (χ1v) is 26.1. The first-order valence-electron chi connectivity index (χ1n) is 26.1. The molecule has 2 heterocycles. The third-order valence-corrected chi connectivity index (χ3v) is 12.8. The van der Waals surface area contributed by atoms with Crippen molar-refractivity contribution < 1.29 is 61.0 Å². The van der Waals surface area contributed by atoms with Crippen LogP contribution >= 0.6 is 0 Å². The molecule has 1 aliphatic heterocycles. The van der Waals surface area contributed by atoms with Crippen LogP contribution in [0.4, 0.5) is 28.4 Å². The number of imide groups is 1. The third kappa shape index (κ3) is 19.1. The second-order valence-corrected chi connectivity index (χ2v) is 20.6. The van der Waals surface area contributed by atoms with Gasteiger partial charge in [0.25, 0.3) is 17.7 Å². The van der Waals surface area contributed by atoms with Crippen molar-refractivity contribution in [3.8, 4) is 11.3 Å². The second-order valence-electron chi connectivity index (χ2n) is 20.6. The summed E-state index contributed by atoms with van der Waals surface area (Å²) in [6, 6.07) is 13.7. The Hall–Kier alpha value is -8.08. The Bertz CT molecular complexity index is 2770. The van der Waals surface area contributed by atoms with Gasteiger partial charge in [-0.3, -0.25) is 33.7 Å². The van der Waals surface area contributed by atoms with Crippen molar-refractivity contribution in [2.24, 2.45) is 22.8 Å². The van der Waals surface area contributed by atoms with Crippen molar-refractivity contribution in [3.05, 3.63) is 120 Å². The number of benzene rings is 3. The number of anilines is 1. The standard InChI is InChI=1S/C56H71F3N10O10/c1-35(2)49(66-45(70)16-10-7-11-27-68-46(71)23-24-47(68)72)53(75)65-43(15-12-26-62-54(61)76)52(74)63-40-20-17-37(18-21-40)33-78-55(77)79-34-48(73)69(28-25-39(60)30-57)50(56(3,4)5)51-64-44(41-29-38(58)19-22-42(41)59)32-67(51)31-36-13-8-6-9-14-36/h6,8-9,13-14,17-24,29,32,35,39,43,49-50H,7,10-12,15-16,25-28,30-31,33-34,60H2,1-5H3,(H,63,74)(H,65,75)(H,66,70)(H3,61,62,76)/t39-,43-,49-,50-/m0/s1. The molecule has 0 fully saturated rings. The number of nitrogens with one attached hydrogen (secondary N) is 4. The fraction of sp³-hybridized carbons (Fsp3) is 0.446. The Balaban J connectivity index is 1.21. The van der Waals surface area contributed by atoms with Crippen LogP contribution in [0.5, 0.6) is 0 Å². The maximum Gasteiger partial charge on any atom is 0.509 e. The van der Waals surface area contributed by atoms with Gasteiger partial charge >= 0.3 is 12.2 Å². The van der Waals surface area contributed by atoms with Crippen LogP contribution in [0, 0.1) is 23.0 Å². The van der Waals surface area contributed by atoms with Crippen LogP contribution in [0.15, 0.2) is 91.1 Å². The van der Waals surface area contributed by atoms with E-state index in [0.717, 1.165) is 28.7 Å². The highest BCUT2D eigenvalue weighted by molar-refractivity contribution is 6.12. The van der Waals surface area contributed by atoms with Gasteiger partial charge in [-0.05, 0) is 84.9 Å². The monoisotopic (exact) mass is 1100 g/mol. The van der Waals surface area contributed by atoms with E-state index >= 15 is 4.39 Å². The summed E-state index contributed by atoms with van der Waals surface area (Å²) in [4.78, 5) is 110. The number of ether oxygens (including phenoxy) is 2. The molecular weight excluding hydrogens is 1030 g/mol. The molecule has 79 heavy (non-hydrogen) atoms. The number of rotatable bonds is 29. The summed E-state index contributed by atoms with van der Waals surface area (Å²) in [6.45, 7) is 7.48. The van der Waals surface area contributed by atoms with Gasteiger partial charge in [0.1, 0.15) is 42.8 Å². The van der Waals surface area contributed by atoms with E-state index < -0.39 is 90.3 Å². The van der Waals surface area contributed by atoms with E-state index in [-0.39, 0.29) is 87.5 Å². The average Bonchev–Trinajstić information content (AvgIpc) is 4.15. The molecule has 4 aromatic rings. The molecular formula is C56H71F3N10O10. The van der Waals surface area contributed by atoms with E-state index in [1.807, 2.05) is 51.1 Å². The molecule has 0 aliphatic carbocycles. The zero-order valence-electron chi connectivity index (χ0n) is 45.1. The second kappa shape index (κ2) is 29.6. The highest BCUT2D eigenvalue weighted by Gasteiger charge is 2.39. The zero-order chi connectivity index (χ0) is 57.8. The van der Waals surface area contributed by atoms with Crippen molar-refractivity contribution in [3.63, 3.8) is 0 Å². The number of nitrogens with two attached hydrogens (primary N) is 2. The maximum atomic E-state index is 15.2. The first-order chi connectivity index (χ1) is 37.5. The van der Waals surface area contributed by atoms with Crippen molar-refractivity contribution in [1.29, 1.82) is 0 Å². The van der Waals surface area contributed by atoms with Gasteiger partial charge in [0.15, 0.2) is 6.61 Å². The van der Waals surface area contributed by atoms with Crippen LogP contribution in [0.2, 0.25) is 0 Å². The van der Waals surface area contributed by atoms with Gasteiger partial charge in [-0.15, -0.1) is 0 Å². The van der Waals surface area contributed by atoms with Crippen LogP contribution in [0.3, 0.4) is 0 Å². The van der Waals surface area contributed by atoms with Crippen LogP contribution < -0.4 is 32.7 Å². The molecule has 0 spiro atoms. The summed E-state index contributed by atoms with van der Waals surface area (Å²) in [6.07, 6.45) is 4.69. The molecule has 8 amide bonds. The summed E-state index contributed by atoms with van der Waals surface area (Å²) in [5.74, 6) is -4.56. The molecule has 0 bridgehead atoms. The van der Waals surface area contributed by atoms with Gasteiger partial charge in [0, 0.05) is 68.2 Å². The van der Waals surface area contributed by atoms with Gasteiger partial charge in [0.05, 0.1) is 11.7 Å². The molecule has 0 radical (unpaired) electrons. The zero-order valence-corrected chi connectivity index (χ0v) is 45.1. The minimum Gasteiger partial charge on any atom is -0.429 e. The van der Waals surface area contributed by atoms with Crippen LogP contribution in [0.1, 0.15) is 103 Å². The minimum atomic E-state index is -1.20. The number of carbonyl (C=O) groups is 8.